The van der Waals surface area contributed by atoms with Gasteiger partial charge in [-0.05, 0) is 25.3 Å². The van der Waals surface area contributed by atoms with Gasteiger partial charge in [0.15, 0.2) is 0 Å². The quantitative estimate of drug-likeness (QED) is 0.335. The summed E-state index contributed by atoms with van der Waals surface area (Å²) in [5, 5.41) is 15.7. The molecular weight excluding hydrogens is 490 g/mol. The first kappa shape index (κ1) is 24.2. The molecule has 3 aliphatic rings. The third-order valence-electron chi connectivity index (χ3n) is 7.16. The Hall–Kier alpha value is -1.97. The summed E-state index contributed by atoms with van der Waals surface area (Å²) in [7, 11) is 0. The molecule has 3 N–H and O–H groups in total. The molecule has 33 heavy (non-hydrogen) atoms. The van der Waals surface area contributed by atoms with Gasteiger partial charge in [0.25, 0.3) is 0 Å². The van der Waals surface area contributed by atoms with Gasteiger partial charge in [-0.3, -0.25) is 14.4 Å². The lowest BCUT2D eigenvalue weighted by Gasteiger charge is -2.35. The van der Waals surface area contributed by atoms with E-state index >= 15 is 0 Å². The Bertz CT molecular complexity index is 899. The fourth-order valence-corrected chi connectivity index (χ4v) is 6.56. The van der Waals surface area contributed by atoms with Gasteiger partial charge in [-0.25, -0.2) is 0 Å². The van der Waals surface area contributed by atoms with Crippen LogP contribution in [0, 0.1) is 11.8 Å². The summed E-state index contributed by atoms with van der Waals surface area (Å²) in [6.45, 7) is 4.32. The zero-order chi connectivity index (χ0) is 23.8. The second kappa shape index (κ2) is 9.72. The number of rotatable bonds is 9. The van der Waals surface area contributed by atoms with E-state index in [4.69, 9.17) is 4.74 Å². The van der Waals surface area contributed by atoms with Crippen LogP contribution in [0.25, 0.3) is 0 Å². The van der Waals surface area contributed by atoms with Crippen LogP contribution < -0.4 is 10.6 Å². The smallest absolute Gasteiger partial charge is 0.245 e. The zero-order valence-electron chi connectivity index (χ0n) is 19.0. The maximum Gasteiger partial charge on any atom is 0.245 e. The van der Waals surface area contributed by atoms with E-state index in [9.17, 15) is 19.5 Å². The Balaban J connectivity index is 1.62. The molecule has 1 aromatic rings. The summed E-state index contributed by atoms with van der Waals surface area (Å²) in [6, 6.07) is 8.12. The molecule has 3 aliphatic heterocycles. The topological polar surface area (TPSA) is 108 Å². The van der Waals surface area contributed by atoms with E-state index in [1.165, 1.54) is 4.90 Å². The second-order valence-corrected chi connectivity index (χ2v) is 10.5. The number of carbonyl (C=O) groups excluding carboxylic acids is 3. The Labute approximate surface area is 202 Å². The normalized spacial score (nSPS) is 33.2. The Morgan fingerprint density at radius 3 is 2.67 bits per heavy atom. The van der Waals surface area contributed by atoms with Gasteiger partial charge in [0.2, 0.25) is 17.7 Å². The lowest BCUT2D eigenvalue weighted by molar-refractivity contribution is -0.145. The molecule has 0 radical (unpaired) electrons. The van der Waals surface area contributed by atoms with Gasteiger partial charge < -0.3 is 25.4 Å². The largest absolute Gasteiger partial charge is 0.394 e. The minimum absolute atomic E-state index is 0.149. The van der Waals surface area contributed by atoms with E-state index in [1.54, 1.807) is 6.92 Å². The number of amides is 3. The summed E-state index contributed by atoms with van der Waals surface area (Å²) in [6.07, 6.45) is 1.72. The standard InChI is InChI=1S/C24H32BrN3O5/c1-3-4-10-26-22(31)20-24-11-16(25)19(33-24)17(18(24)23(32)28(20)14(2)13-29)21(30)27-12-15-8-6-5-7-9-15/h5-9,14,16-20,29H,3-4,10-13H2,1-2H3,(H,26,31)(H,27,30)/t14-,16?,17-,18+,19-,20?,24?/m1/s1. The third-order valence-corrected chi connectivity index (χ3v) is 8.00. The summed E-state index contributed by atoms with van der Waals surface area (Å²) in [5.74, 6) is -2.31. The number of alkyl halides is 1. The lowest BCUT2D eigenvalue weighted by atomic mass is 9.70. The molecule has 0 aromatic heterocycles. The van der Waals surface area contributed by atoms with Crippen molar-refractivity contribution < 1.29 is 24.2 Å². The highest BCUT2D eigenvalue weighted by molar-refractivity contribution is 9.09. The van der Waals surface area contributed by atoms with Crippen molar-refractivity contribution in [2.24, 2.45) is 11.8 Å². The summed E-state index contributed by atoms with van der Waals surface area (Å²) in [4.78, 5) is 41.6. The molecule has 0 saturated carbocycles. The Kier molecular flexibility index (Phi) is 7.12. The molecule has 3 heterocycles. The number of halogens is 1. The number of carbonyl (C=O) groups is 3. The summed E-state index contributed by atoms with van der Waals surface area (Å²) >= 11 is 3.65. The number of nitrogens with zero attached hydrogens (tertiary/aromatic N) is 1. The second-order valence-electron chi connectivity index (χ2n) is 9.29. The molecule has 9 heteroatoms. The maximum atomic E-state index is 13.7. The van der Waals surface area contributed by atoms with E-state index in [-0.39, 0.29) is 29.2 Å². The van der Waals surface area contributed by atoms with Gasteiger partial charge in [0.05, 0.1) is 30.6 Å². The molecule has 7 atom stereocenters. The number of hydrogen-bond donors (Lipinski definition) is 3. The van der Waals surface area contributed by atoms with E-state index in [0.717, 1.165) is 18.4 Å². The number of aliphatic hydroxyl groups excluding tert-OH is 1. The highest BCUT2D eigenvalue weighted by Gasteiger charge is 2.76. The molecule has 8 nitrogen and oxygen atoms in total. The molecule has 3 unspecified atom stereocenters. The summed E-state index contributed by atoms with van der Waals surface area (Å²) < 4.78 is 6.40. The molecule has 1 spiro atoms. The lowest BCUT2D eigenvalue weighted by Crippen LogP contribution is -2.57. The number of benzene rings is 1. The van der Waals surface area contributed by atoms with Crippen molar-refractivity contribution in [2.75, 3.05) is 13.2 Å². The SMILES string of the molecule is CCCCNC(=O)C1N([C@H](C)CO)C(=O)[C@@H]2[C@@H](C(=O)NCc3ccccc3)[C@@H]3OC12CC3Br. The molecule has 2 bridgehead atoms. The van der Waals surface area contributed by atoms with Crippen molar-refractivity contribution in [1.29, 1.82) is 0 Å². The van der Waals surface area contributed by atoms with Gasteiger partial charge in [-0.15, -0.1) is 0 Å². The predicted octanol–water partition coefficient (Wildman–Crippen LogP) is 1.35. The van der Waals surface area contributed by atoms with Crippen LogP contribution in [0.4, 0.5) is 0 Å². The zero-order valence-corrected chi connectivity index (χ0v) is 20.6. The number of fused-ring (bicyclic) bond motifs is 1. The van der Waals surface area contributed by atoms with Crippen molar-refractivity contribution in [3.05, 3.63) is 35.9 Å². The van der Waals surface area contributed by atoms with Crippen molar-refractivity contribution >= 4 is 33.7 Å². The average molecular weight is 522 g/mol. The molecule has 4 rings (SSSR count). The maximum absolute atomic E-state index is 13.7. The van der Waals surface area contributed by atoms with Crippen LogP contribution in [0.5, 0.6) is 0 Å². The van der Waals surface area contributed by atoms with Crippen molar-refractivity contribution in [3.63, 3.8) is 0 Å². The minimum Gasteiger partial charge on any atom is -0.394 e. The van der Waals surface area contributed by atoms with Crippen LogP contribution in [0.3, 0.4) is 0 Å². The molecule has 3 saturated heterocycles. The van der Waals surface area contributed by atoms with E-state index in [2.05, 4.69) is 26.6 Å². The van der Waals surface area contributed by atoms with Gasteiger partial charge in [-0.1, -0.05) is 59.6 Å². The molecule has 0 aliphatic carbocycles. The van der Waals surface area contributed by atoms with Crippen molar-refractivity contribution in [3.8, 4) is 0 Å². The fraction of sp³-hybridized carbons (Fsp3) is 0.625. The first-order valence-electron chi connectivity index (χ1n) is 11.7. The Morgan fingerprint density at radius 1 is 1.27 bits per heavy atom. The first-order chi connectivity index (χ1) is 15.9. The highest BCUT2D eigenvalue weighted by Crippen LogP contribution is 2.60. The molecule has 3 amide bonds. The van der Waals surface area contributed by atoms with Crippen LogP contribution in [0.15, 0.2) is 30.3 Å². The van der Waals surface area contributed by atoms with Crippen LogP contribution in [-0.2, 0) is 25.7 Å². The number of aliphatic hydroxyl groups is 1. The van der Waals surface area contributed by atoms with Crippen molar-refractivity contribution in [2.45, 2.75) is 68.3 Å². The molecule has 180 valence electrons. The van der Waals surface area contributed by atoms with Gasteiger partial charge in [-0.2, -0.15) is 0 Å². The van der Waals surface area contributed by atoms with Crippen molar-refractivity contribution in [1.82, 2.24) is 15.5 Å². The number of unbranched alkanes of at least 4 members (excludes halogenated alkanes) is 1. The number of likely N-dealkylation sites (tertiary alicyclic amines) is 1. The number of ether oxygens (including phenoxy) is 1. The van der Waals surface area contributed by atoms with E-state index < -0.39 is 35.6 Å². The van der Waals surface area contributed by atoms with Crippen LogP contribution in [0.1, 0.15) is 38.7 Å². The van der Waals surface area contributed by atoms with E-state index in [0.29, 0.717) is 19.5 Å². The van der Waals surface area contributed by atoms with E-state index in [1.807, 2.05) is 37.3 Å². The van der Waals surface area contributed by atoms with Crippen LogP contribution >= 0.6 is 15.9 Å². The average Bonchev–Trinajstić information content (AvgIpc) is 3.41. The predicted molar refractivity (Wildman–Crippen MR) is 125 cm³/mol. The monoisotopic (exact) mass is 521 g/mol. The summed E-state index contributed by atoms with van der Waals surface area (Å²) in [5.41, 5.74) is -0.133. The van der Waals surface area contributed by atoms with Gasteiger partial charge in [0, 0.05) is 17.9 Å². The Morgan fingerprint density at radius 2 is 2.00 bits per heavy atom. The van der Waals surface area contributed by atoms with Crippen LogP contribution in [0.2, 0.25) is 0 Å². The molecular formula is C24H32BrN3O5. The fourth-order valence-electron chi connectivity index (χ4n) is 5.62. The minimum atomic E-state index is -1.09. The van der Waals surface area contributed by atoms with Gasteiger partial charge in [0.1, 0.15) is 11.6 Å². The highest BCUT2D eigenvalue weighted by atomic mass is 79.9. The van der Waals surface area contributed by atoms with Gasteiger partial charge >= 0.3 is 0 Å². The van der Waals surface area contributed by atoms with Crippen LogP contribution in [-0.4, -0.2) is 69.5 Å². The molecule has 3 fully saturated rings. The first-order valence-corrected chi connectivity index (χ1v) is 12.6. The molecule has 1 aromatic carbocycles. The number of nitrogens with one attached hydrogen (secondary N) is 2. The number of hydrogen-bond acceptors (Lipinski definition) is 5. The third kappa shape index (κ3) is 4.08.